The molecule has 0 spiro atoms. The number of methoxy groups -OCH3 is 1. The van der Waals surface area contributed by atoms with Crippen LogP contribution in [0, 0.1) is 13.8 Å². The van der Waals surface area contributed by atoms with Gasteiger partial charge in [0.05, 0.1) is 7.11 Å². The standard InChI is InChI=1S/C23H25O5P/c1-17-15-20(10-9-19-11-13-21(26-3)14-12-19)16-18(2)23(17)28-29(24,25)27-22-7-5-4-6-8-22/h4-8,11-16H,9-10H2,1-3H3,(H,24,25). The number of ether oxygens (including phenoxy) is 1. The van der Waals surface area contributed by atoms with Gasteiger partial charge >= 0.3 is 7.82 Å². The Balaban J connectivity index is 1.69. The van der Waals surface area contributed by atoms with Gasteiger partial charge in [-0.2, -0.15) is 0 Å². The molecule has 0 heterocycles. The molecule has 3 aromatic carbocycles. The van der Waals surface area contributed by atoms with Crippen molar-refractivity contribution in [2.45, 2.75) is 26.7 Å². The Morgan fingerprint density at radius 2 is 1.38 bits per heavy atom. The second-order valence-electron chi connectivity index (χ2n) is 6.87. The van der Waals surface area contributed by atoms with Crippen LogP contribution in [0.5, 0.6) is 17.2 Å². The first-order chi connectivity index (χ1) is 13.9. The zero-order chi connectivity index (χ0) is 20.9. The molecule has 0 radical (unpaired) electrons. The molecule has 0 aliphatic rings. The first-order valence-electron chi connectivity index (χ1n) is 9.36. The molecule has 3 rings (SSSR count). The minimum atomic E-state index is -4.29. The summed E-state index contributed by atoms with van der Waals surface area (Å²) in [6.07, 6.45) is 1.74. The van der Waals surface area contributed by atoms with Crippen LogP contribution in [-0.2, 0) is 17.4 Å². The molecule has 6 heteroatoms. The van der Waals surface area contributed by atoms with Crippen molar-refractivity contribution in [1.82, 2.24) is 0 Å². The molecule has 0 aromatic heterocycles. The lowest BCUT2D eigenvalue weighted by atomic mass is 10.00. The summed E-state index contributed by atoms with van der Waals surface area (Å²) in [5, 5.41) is 0. The van der Waals surface area contributed by atoms with Gasteiger partial charge in [0.2, 0.25) is 0 Å². The van der Waals surface area contributed by atoms with E-state index in [1.165, 1.54) is 5.56 Å². The minimum Gasteiger partial charge on any atom is -0.497 e. The van der Waals surface area contributed by atoms with Gasteiger partial charge in [0.15, 0.2) is 0 Å². The third-order valence-electron chi connectivity index (χ3n) is 4.55. The van der Waals surface area contributed by atoms with E-state index in [-0.39, 0.29) is 5.75 Å². The van der Waals surface area contributed by atoms with E-state index in [1.807, 2.05) is 38.1 Å². The fourth-order valence-electron chi connectivity index (χ4n) is 3.16. The van der Waals surface area contributed by atoms with Crippen LogP contribution >= 0.6 is 7.82 Å². The van der Waals surface area contributed by atoms with E-state index in [0.29, 0.717) is 5.75 Å². The summed E-state index contributed by atoms with van der Waals surface area (Å²) in [6.45, 7) is 3.73. The van der Waals surface area contributed by atoms with E-state index in [9.17, 15) is 9.46 Å². The highest BCUT2D eigenvalue weighted by molar-refractivity contribution is 7.48. The monoisotopic (exact) mass is 412 g/mol. The van der Waals surface area contributed by atoms with Gasteiger partial charge in [-0.1, -0.05) is 42.5 Å². The Morgan fingerprint density at radius 3 is 1.97 bits per heavy atom. The lowest BCUT2D eigenvalue weighted by Crippen LogP contribution is -2.03. The molecule has 0 saturated heterocycles. The summed E-state index contributed by atoms with van der Waals surface area (Å²) in [6, 6.07) is 20.4. The number of benzene rings is 3. The van der Waals surface area contributed by atoms with Gasteiger partial charge < -0.3 is 13.8 Å². The van der Waals surface area contributed by atoms with Gasteiger partial charge in [0, 0.05) is 0 Å². The Bertz CT molecular complexity index is 977. The Labute approximate surface area is 171 Å². The van der Waals surface area contributed by atoms with Crippen LogP contribution in [0.4, 0.5) is 0 Å². The van der Waals surface area contributed by atoms with E-state index < -0.39 is 7.82 Å². The van der Waals surface area contributed by atoms with E-state index in [4.69, 9.17) is 13.8 Å². The zero-order valence-corrected chi connectivity index (χ0v) is 17.7. The number of hydrogen-bond donors (Lipinski definition) is 1. The van der Waals surface area contributed by atoms with Gasteiger partial charge in [-0.15, -0.1) is 0 Å². The van der Waals surface area contributed by atoms with Crippen LogP contribution in [0.15, 0.2) is 66.7 Å². The molecule has 0 saturated carbocycles. The lowest BCUT2D eigenvalue weighted by molar-refractivity contribution is 0.289. The number of rotatable bonds is 8. The summed E-state index contributed by atoms with van der Waals surface area (Å²) in [4.78, 5) is 10.1. The maximum Gasteiger partial charge on any atom is 0.584 e. The van der Waals surface area contributed by atoms with Crippen molar-refractivity contribution in [3.63, 3.8) is 0 Å². The number of phosphoric ester groups is 1. The molecule has 3 aromatic rings. The normalized spacial score (nSPS) is 12.8. The summed E-state index contributed by atoms with van der Waals surface area (Å²) < 4.78 is 28.1. The van der Waals surface area contributed by atoms with Crippen molar-refractivity contribution in [2.75, 3.05) is 7.11 Å². The Kier molecular flexibility index (Phi) is 6.63. The van der Waals surface area contributed by atoms with Crippen molar-refractivity contribution in [1.29, 1.82) is 0 Å². The molecule has 29 heavy (non-hydrogen) atoms. The summed E-state index contributed by atoms with van der Waals surface area (Å²) in [5.41, 5.74) is 3.94. The van der Waals surface area contributed by atoms with Crippen LogP contribution in [-0.4, -0.2) is 12.0 Å². The Morgan fingerprint density at radius 1 is 0.793 bits per heavy atom. The van der Waals surface area contributed by atoms with Crippen LogP contribution < -0.4 is 13.8 Å². The van der Waals surface area contributed by atoms with Crippen molar-refractivity contribution in [2.24, 2.45) is 0 Å². The number of hydrogen-bond acceptors (Lipinski definition) is 4. The van der Waals surface area contributed by atoms with Gasteiger partial charge in [-0.25, -0.2) is 4.57 Å². The topological polar surface area (TPSA) is 65.0 Å². The maximum atomic E-state index is 12.4. The van der Waals surface area contributed by atoms with Gasteiger partial charge in [-0.3, -0.25) is 4.89 Å². The van der Waals surface area contributed by atoms with Gasteiger partial charge in [0.1, 0.15) is 17.2 Å². The van der Waals surface area contributed by atoms with Crippen molar-refractivity contribution in [3.8, 4) is 17.2 Å². The first kappa shape index (κ1) is 21.0. The van der Waals surface area contributed by atoms with Crippen LogP contribution in [0.3, 0.4) is 0 Å². The molecular formula is C23H25O5P. The van der Waals surface area contributed by atoms with Gasteiger partial charge in [-0.05, 0) is 73.2 Å². The predicted molar refractivity (Wildman–Crippen MR) is 114 cm³/mol. The fraction of sp³-hybridized carbons (Fsp3) is 0.217. The number of aryl methyl sites for hydroxylation is 4. The first-order valence-corrected chi connectivity index (χ1v) is 10.9. The lowest BCUT2D eigenvalue weighted by Gasteiger charge is -2.18. The molecule has 0 bridgehead atoms. The summed E-state index contributed by atoms with van der Waals surface area (Å²) >= 11 is 0. The molecule has 1 unspecified atom stereocenters. The van der Waals surface area contributed by atoms with Gasteiger partial charge in [0.25, 0.3) is 0 Å². The number of para-hydroxylation sites is 1. The number of phosphoric acid groups is 1. The van der Waals surface area contributed by atoms with E-state index >= 15 is 0 Å². The van der Waals surface area contributed by atoms with E-state index in [2.05, 4.69) is 12.1 Å². The molecule has 0 amide bonds. The smallest absolute Gasteiger partial charge is 0.497 e. The molecule has 152 valence electrons. The highest BCUT2D eigenvalue weighted by Crippen LogP contribution is 2.46. The molecular weight excluding hydrogens is 387 g/mol. The second kappa shape index (κ2) is 9.17. The summed E-state index contributed by atoms with van der Waals surface area (Å²) in [7, 11) is -2.64. The highest BCUT2D eigenvalue weighted by Gasteiger charge is 2.27. The second-order valence-corrected chi connectivity index (χ2v) is 8.17. The SMILES string of the molecule is COc1ccc(CCc2cc(C)c(OP(=O)(O)Oc3ccccc3)c(C)c2)cc1. The highest BCUT2D eigenvalue weighted by atomic mass is 31.2. The quantitative estimate of drug-likeness (QED) is 0.484. The third-order valence-corrected chi connectivity index (χ3v) is 5.41. The largest absolute Gasteiger partial charge is 0.584 e. The maximum absolute atomic E-state index is 12.4. The predicted octanol–water partition coefficient (Wildman–Crippen LogP) is 5.66. The molecule has 0 aliphatic carbocycles. The van der Waals surface area contributed by atoms with Crippen LogP contribution in [0.25, 0.3) is 0 Å². The van der Waals surface area contributed by atoms with E-state index in [1.54, 1.807) is 37.4 Å². The Hall–Kier alpha value is -2.75. The van der Waals surface area contributed by atoms with Crippen molar-refractivity contribution >= 4 is 7.82 Å². The molecule has 5 nitrogen and oxygen atoms in total. The van der Waals surface area contributed by atoms with Crippen molar-refractivity contribution < 1.29 is 23.2 Å². The fourth-order valence-corrected chi connectivity index (χ4v) is 4.10. The average molecular weight is 412 g/mol. The molecule has 1 atom stereocenters. The molecule has 1 N–H and O–H groups in total. The average Bonchev–Trinajstić information content (AvgIpc) is 2.70. The van der Waals surface area contributed by atoms with Crippen LogP contribution in [0.1, 0.15) is 22.3 Å². The zero-order valence-electron chi connectivity index (χ0n) is 16.8. The summed E-state index contributed by atoms with van der Waals surface area (Å²) in [5.74, 6) is 1.50. The van der Waals surface area contributed by atoms with Crippen LogP contribution in [0.2, 0.25) is 0 Å². The molecule has 0 fully saturated rings. The van der Waals surface area contributed by atoms with Crippen molar-refractivity contribution in [3.05, 3.63) is 89.0 Å². The molecule has 0 aliphatic heterocycles. The minimum absolute atomic E-state index is 0.282. The third kappa shape index (κ3) is 5.86. The van der Waals surface area contributed by atoms with E-state index in [0.717, 1.165) is 35.3 Å².